The monoisotopic (exact) mass is 427 g/mol. The minimum atomic E-state index is -3.48. The molecule has 0 saturated carbocycles. The van der Waals surface area contributed by atoms with Gasteiger partial charge < -0.3 is 14.6 Å². The van der Waals surface area contributed by atoms with Crippen molar-refractivity contribution in [3.05, 3.63) is 35.9 Å². The van der Waals surface area contributed by atoms with E-state index in [4.69, 9.17) is 4.74 Å². The van der Waals surface area contributed by atoms with Gasteiger partial charge >= 0.3 is 0 Å². The number of rotatable bonds is 5. The van der Waals surface area contributed by atoms with Crippen LogP contribution in [0.25, 0.3) is 0 Å². The third-order valence-corrected chi connectivity index (χ3v) is 7.16. The van der Waals surface area contributed by atoms with Gasteiger partial charge in [0.25, 0.3) is 0 Å². The summed E-state index contributed by atoms with van der Waals surface area (Å²) in [5.74, 6) is 2.92. The van der Waals surface area contributed by atoms with Crippen molar-refractivity contribution in [2.24, 2.45) is 0 Å². The average molecular weight is 428 g/mol. The van der Waals surface area contributed by atoms with Gasteiger partial charge in [0.05, 0.1) is 18.0 Å². The van der Waals surface area contributed by atoms with E-state index < -0.39 is 10.0 Å². The van der Waals surface area contributed by atoms with Crippen molar-refractivity contribution >= 4 is 22.4 Å². The summed E-state index contributed by atoms with van der Waals surface area (Å²) < 4.78 is 35.0. The summed E-state index contributed by atoms with van der Waals surface area (Å²) in [6.45, 7) is 6.00. The molecular formula is C18H26ClN5O3S. The molecule has 2 aromatic rings. The van der Waals surface area contributed by atoms with Crippen LogP contribution in [0.4, 0.5) is 0 Å². The molecule has 0 unspecified atom stereocenters. The summed E-state index contributed by atoms with van der Waals surface area (Å²) in [5, 5.41) is 12.0. The van der Waals surface area contributed by atoms with Gasteiger partial charge in [-0.15, -0.1) is 22.6 Å². The van der Waals surface area contributed by atoms with E-state index in [0.717, 1.165) is 44.1 Å². The van der Waals surface area contributed by atoms with Crippen molar-refractivity contribution in [1.82, 2.24) is 24.4 Å². The molecule has 2 aliphatic rings. The Balaban J connectivity index is 0.00000225. The molecule has 1 aromatic heterocycles. The first-order valence-electron chi connectivity index (χ1n) is 9.45. The van der Waals surface area contributed by atoms with Gasteiger partial charge in [-0.2, -0.15) is 4.31 Å². The minimum absolute atomic E-state index is 0. The van der Waals surface area contributed by atoms with Gasteiger partial charge in [-0.1, -0.05) is 0 Å². The summed E-state index contributed by atoms with van der Waals surface area (Å²) in [7, 11) is -3.48. The van der Waals surface area contributed by atoms with Crippen LogP contribution in [0.15, 0.2) is 29.2 Å². The van der Waals surface area contributed by atoms with Gasteiger partial charge in [0.2, 0.25) is 10.0 Å². The molecule has 8 nitrogen and oxygen atoms in total. The first-order chi connectivity index (χ1) is 13.1. The molecule has 1 fully saturated rings. The highest BCUT2D eigenvalue weighted by Crippen LogP contribution is 2.31. The maximum atomic E-state index is 12.9. The van der Waals surface area contributed by atoms with E-state index in [-0.39, 0.29) is 18.3 Å². The van der Waals surface area contributed by atoms with E-state index in [1.165, 1.54) is 0 Å². The molecule has 1 N–H and O–H groups in total. The third kappa shape index (κ3) is 4.03. The van der Waals surface area contributed by atoms with Crippen LogP contribution in [-0.2, 0) is 23.1 Å². The number of fused-ring (bicyclic) bond motifs is 1. The molecule has 0 atom stereocenters. The number of halogens is 1. The first-order valence-corrected chi connectivity index (χ1v) is 10.9. The average Bonchev–Trinajstić information content (AvgIpc) is 3.13. The van der Waals surface area contributed by atoms with E-state index in [0.29, 0.717) is 30.3 Å². The second-order valence-electron chi connectivity index (χ2n) is 6.89. The number of aromatic nitrogens is 3. The standard InChI is InChI=1S/C18H25N5O3S.ClH/c1-2-26-15-3-5-16(6-4-15)27(24,25)22-10-7-14(8-11-22)18-21-20-17-13-19-9-12-23(17)18;/h3-6,14,19H,2,7-13H2,1H3;1H. The lowest BCUT2D eigenvalue weighted by Gasteiger charge is -2.31. The van der Waals surface area contributed by atoms with Crippen molar-refractivity contribution in [3.8, 4) is 5.75 Å². The number of piperidine rings is 1. The topological polar surface area (TPSA) is 89.4 Å². The smallest absolute Gasteiger partial charge is 0.243 e. The highest BCUT2D eigenvalue weighted by Gasteiger charge is 2.32. The Kier molecular flexibility index (Phi) is 6.59. The summed E-state index contributed by atoms with van der Waals surface area (Å²) in [6.07, 6.45) is 1.53. The lowest BCUT2D eigenvalue weighted by atomic mass is 9.97. The third-order valence-electron chi connectivity index (χ3n) is 5.24. The van der Waals surface area contributed by atoms with Crippen molar-refractivity contribution in [3.63, 3.8) is 0 Å². The van der Waals surface area contributed by atoms with E-state index >= 15 is 0 Å². The molecule has 0 aliphatic carbocycles. The van der Waals surface area contributed by atoms with Crippen LogP contribution >= 0.6 is 12.4 Å². The van der Waals surface area contributed by atoms with Crippen molar-refractivity contribution in [2.45, 2.75) is 43.7 Å². The fourth-order valence-electron chi connectivity index (χ4n) is 3.79. The Hall–Kier alpha value is -1.68. The summed E-state index contributed by atoms with van der Waals surface area (Å²) in [5.41, 5.74) is 0. The van der Waals surface area contributed by atoms with Gasteiger partial charge in [0, 0.05) is 32.1 Å². The molecule has 3 heterocycles. The fourth-order valence-corrected chi connectivity index (χ4v) is 5.26. The zero-order chi connectivity index (χ0) is 18.9. The Bertz CT molecular complexity index is 892. The Morgan fingerprint density at radius 1 is 1.14 bits per heavy atom. The molecule has 28 heavy (non-hydrogen) atoms. The summed E-state index contributed by atoms with van der Waals surface area (Å²) in [6, 6.07) is 6.65. The minimum Gasteiger partial charge on any atom is -0.494 e. The van der Waals surface area contributed by atoms with Gasteiger partial charge in [-0.3, -0.25) is 0 Å². The van der Waals surface area contributed by atoms with Gasteiger partial charge in [-0.05, 0) is 44.0 Å². The number of ether oxygens (including phenoxy) is 1. The summed E-state index contributed by atoms with van der Waals surface area (Å²) in [4.78, 5) is 0.315. The van der Waals surface area contributed by atoms with E-state index in [1.807, 2.05) is 6.92 Å². The summed E-state index contributed by atoms with van der Waals surface area (Å²) >= 11 is 0. The normalized spacial score (nSPS) is 18.3. The molecule has 1 saturated heterocycles. The molecule has 2 aliphatic heterocycles. The highest BCUT2D eigenvalue weighted by molar-refractivity contribution is 7.89. The van der Waals surface area contributed by atoms with Gasteiger partial charge in [0.1, 0.15) is 17.4 Å². The lowest BCUT2D eigenvalue weighted by Crippen LogP contribution is -2.38. The Morgan fingerprint density at radius 3 is 2.54 bits per heavy atom. The largest absolute Gasteiger partial charge is 0.494 e. The van der Waals surface area contributed by atoms with Gasteiger partial charge in [0.15, 0.2) is 0 Å². The van der Waals surface area contributed by atoms with Crippen molar-refractivity contribution in [1.29, 1.82) is 0 Å². The molecule has 154 valence electrons. The maximum absolute atomic E-state index is 12.9. The van der Waals surface area contributed by atoms with E-state index in [2.05, 4.69) is 20.1 Å². The van der Waals surface area contributed by atoms with Crippen LogP contribution < -0.4 is 10.1 Å². The predicted molar refractivity (Wildman–Crippen MR) is 107 cm³/mol. The second-order valence-corrected chi connectivity index (χ2v) is 8.82. The first kappa shape index (κ1) is 21.0. The fraction of sp³-hybridized carbons (Fsp3) is 0.556. The second kappa shape index (κ2) is 8.77. The molecule has 1 aromatic carbocycles. The van der Waals surface area contributed by atoms with Crippen LogP contribution in [0.2, 0.25) is 0 Å². The van der Waals surface area contributed by atoms with Crippen LogP contribution in [0.5, 0.6) is 5.75 Å². The van der Waals surface area contributed by atoms with Crippen LogP contribution in [-0.4, -0.2) is 53.7 Å². The number of benzene rings is 1. The zero-order valence-electron chi connectivity index (χ0n) is 15.9. The van der Waals surface area contributed by atoms with Gasteiger partial charge in [-0.25, -0.2) is 8.42 Å². The molecular weight excluding hydrogens is 402 g/mol. The van der Waals surface area contributed by atoms with Crippen molar-refractivity contribution in [2.75, 3.05) is 26.2 Å². The van der Waals surface area contributed by atoms with E-state index in [1.54, 1.807) is 28.6 Å². The molecule has 0 spiro atoms. The number of nitrogens with zero attached hydrogens (tertiary/aromatic N) is 4. The number of hydrogen-bond acceptors (Lipinski definition) is 6. The Morgan fingerprint density at radius 2 is 1.86 bits per heavy atom. The van der Waals surface area contributed by atoms with Crippen LogP contribution in [0, 0.1) is 0 Å². The lowest BCUT2D eigenvalue weighted by molar-refractivity contribution is 0.307. The zero-order valence-corrected chi connectivity index (χ0v) is 17.5. The highest BCUT2D eigenvalue weighted by atomic mass is 35.5. The molecule has 4 rings (SSSR count). The number of hydrogen-bond donors (Lipinski definition) is 1. The molecule has 0 bridgehead atoms. The SMILES string of the molecule is CCOc1ccc(S(=O)(=O)N2CCC(c3nnc4n3CCNC4)CC2)cc1.Cl. The molecule has 0 amide bonds. The van der Waals surface area contributed by atoms with E-state index in [9.17, 15) is 8.42 Å². The number of nitrogens with one attached hydrogen (secondary N) is 1. The van der Waals surface area contributed by atoms with Crippen LogP contribution in [0.1, 0.15) is 37.3 Å². The molecule has 0 radical (unpaired) electrons. The molecule has 10 heteroatoms. The van der Waals surface area contributed by atoms with Crippen LogP contribution in [0.3, 0.4) is 0 Å². The van der Waals surface area contributed by atoms with Crippen molar-refractivity contribution < 1.29 is 13.2 Å². The maximum Gasteiger partial charge on any atom is 0.243 e. The number of sulfonamides is 1. The Labute approximate surface area is 171 Å². The quantitative estimate of drug-likeness (QED) is 0.782. The predicted octanol–water partition coefficient (Wildman–Crippen LogP) is 1.77.